The Balaban J connectivity index is 0.00000360. The summed E-state index contributed by atoms with van der Waals surface area (Å²) in [5.74, 6) is -4.14. The van der Waals surface area contributed by atoms with E-state index in [0.717, 1.165) is 24.3 Å². The largest absolute Gasteiger partial charge is 1.00 e. The third-order valence-corrected chi connectivity index (χ3v) is 11.9. The Kier molecular flexibility index (Phi) is 14.1. The molecule has 2 aliphatic rings. The maximum absolute atomic E-state index is 13.6. The fourth-order valence-electron chi connectivity index (χ4n) is 7.30. The predicted octanol–water partition coefficient (Wildman–Crippen LogP) is -1.16. The van der Waals surface area contributed by atoms with Crippen molar-refractivity contribution in [3.63, 3.8) is 0 Å². The van der Waals surface area contributed by atoms with E-state index in [-0.39, 0.29) is 127 Å². The van der Waals surface area contributed by atoms with Gasteiger partial charge in [0.25, 0.3) is 0 Å². The Hall–Kier alpha value is -6.30. The van der Waals surface area contributed by atoms with Crippen molar-refractivity contribution in [2.24, 2.45) is 0 Å². The molecule has 18 nitrogen and oxygen atoms in total. The van der Waals surface area contributed by atoms with Crippen molar-refractivity contribution in [1.29, 1.82) is 0 Å². The number of ketones is 4. The van der Waals surface area contributed by atoms with Crippen LogP contribution < -0.4 is 91.8 Å². The number of anilines is 8. The van der Waals surface area contributed by atoms with E-state index in [1.54, 1.807) is 12.1 Å². The molecular weight excluding hydrogens is 915 g/mol. The third-order valence-electron chi connectivity index (χ3n) is 10.2. The van der Waals surface area contributed by atoms with E-state index in [0.29, 0.717) is 0 Å². The Morgan fingerprint density at radius 2 is 0.727 bits per heavy atom. The minimum Gasteiger partial charge on any atom is -0.744 e. The van der Waals surface area contributed by atoms with Gasteiger partial charge in [-0.2, -0.15) is 0 Å². The number of carbonyl (C=O) groups excluding carboxylic acids is 6. The van der Waals surface area contributed by atoms with Gasteiger partial charge in [0.2, 0.25) is 11.8 Å². The second-order valence-corrected chi connectivity index (χ2v) is 16.9. The van der Waals surface area contributed by atoms with Crippen molar-refractivity contribution >= 4 is 101 Å². The van der Waals surface area contributed by atoms with Crippen LogP contribution in [-0.4, -0.2) is 60.9 Å². The smallest absolute Gasteiger partial charge is 0.744 e. The van der Waals surface area contributed by atoms with Crippen molar-refractivity contribution < 1.29 is 114 Å². The SMILES string of the molecule is Nc1c(S(=O)(=O)[O-])cc(Nc2ccc(NC(=O)C=CC(=O)Nc3ccc(Nc4cc(S(=O)(=O)[O-])c(N)c5c4C(=O)c4ccccc4C5=O)cc3)cc2)c2c1C(=O)c1ccccc1C2=O.[Na+].[Na+]. The second-order valence-electron chi connectivity index (χ2n) is 14.2. The van der Waals surface area contributed by atoms with Crippen molar-refractivity contribution in [3.8, 4) is 0 Å². The monoisotopic (exact) mass is 942 g/mol. The van der Waals surface area contributed by atoms with Crippen LogP contribution in [0, 0.1) is 0 Å². The molecule has 0 heterocycles. The first-order valence-corrected chi connectivity index (χ1v) is 21.4. The molecule has 66 heavy (non-hydrogen) atoms. The molecule has 0 saturated carbocycles. The minimum atomic E-state index is -5.19. The first-order valence-electron chi connectivity index (χ1n) is 18.6. The van der Waals surface area contributed by atoms with Crippen LogP contribution in [0.1, 0.15) is 63.7 Å². The van der Waals surface area contributed by atoms with Gasteiger partial charge in [0.1, 0.15) is 20.2 Å². The second kappa shape index (κ2) is 18.9. The number of fused-ring (bicyclic) bond motifs is 4. The van der Waals surface area contributed by atoms with Gasteiger partial charge in [0.15, 0.2) is 23.1 Å². The number of amides is 2. The normalized spacial score (nSPS) is 12.7. The maximum atomic E-state index is 13.6. The Morgan fingerprint density at radius 1 is 0.455 bits per heavy atom. The van der Waals surface area contributed by atoms with Crippen LogP contribution in [0.15, 0.2) is 131 Å². The van der Waals surface area contributed by atoms with Gasteiger partial charge in [0, 0.05) is 57.2 Å². The quantitative estimate of drug-likeness (QED) is 0.0408. The zero-order valence-electron chi connectivity index (χ0n) is 34.4. The van der Waals surface area contributed by atoms with Crippen LogP contribution in [0.3, 0.4) is 0 Å². The standard InChI is InChI=1S/C44H30N6O12S2.2Na/c45-39-31(63(57,58)59)19-29(35-37(39)43(55)27-7-3-1-5-25(27)41(35)53)47-21-9-13-23(14-10-21)49-33(51)17-18-34(52)50-24-15-11-22(12-16-24)48-30-20-32(64(60,61)62)40(46)38-36(30)42(54)26-6-2-4-8-28(26)44(38)56;;/h1-20,47-48H,45-46H2,(H,49,51)(H,50,52)(H,57,58,59)(H,60,61,62);;/q;2*+1/p-2. The molecule has 0 spiro atoms. The molecule has 0 bridgehead atoms. The van der Waals surface area contributed by atoms with Gasteiger partial charge in [-0.1, -0.05) is 48.5 Å². The van der Waals surface area contributed by atoms with Gasteiger partial charge in [-0.25, -0.2) is 16.8 Å². The summed E-state index contributed by atoms with van der Waals surface area (Å²) in [5.41, 5.74) is 10.2. The molecule has 22 heteroatoms. The van der Waals surface area contributed by atoms with Crippen LogP contribution in [0.5, 0.6) is 0 Å². The molecule has 0 saturated heterocycles. The molecule has 2 aliphatic carbocycles. The number of nitrogens with one attached hydrogen (secondary N) is 4. The molecule has 0 atom stereocenters. The van der Waals surface area contributed by atoms with Crippen LogP contribution in [0.4, 0.5) is 45.5 Å². The Bertz CT molecular complexity index is 3140. The fraction of sp³-hybridized carbons (Fsp3) is 0. The van der Waals surface area contributed by atoms with Crippen LogP contribution >= 0.6 is 0 Å². The number of carbonyl (C=O) groups is 6. The maximum Gasteiger partial charge on any atom is 1.00 e. The minimum absolute atomic E-state index is 0. The van der Waals surface area contributed by atoms with Crippen molar-refractivity contribution in [3.05, 3.63) is 166 Å². The zero-order valence-corrected chi connectivity index (χ0v) is 40.1. The number of hydrogen-bond acceptors (Lipinski definition) is 16. The van der Waals surface area contributed by atoms with Gasteiger partial charge >= 0.3 is 59.1 Å². The summed E-state index contributed by atoms with van der Waals surface area (Å²) >= 11 is 0. The summed E-state index contributed by atoms with van der Waals surface area (Å²) in [6.45, 7) is 0. The van der Waals surface area contributed by atoms with Gasteiger partial charge in [-0.3, -0.25) is 28.8 Å². The third kappa shape index (κ3) is 9.37. The summed E-state index contributed by atoms with van der Waals surface area (Å²) in [6, 6.07) is 25.1. The molecule has 0 unspecified atom stereocenters. The van der Waals surface area contributed by atoms with Gasteiger partial charge in [0.05, 0.1) is 54.8 Å². The molecule has 6 aromatic carbocycles. The van der Waals surface area contributed by atoms with Crippen molar-refractivity contribution in [1.82, 2.24) is 0 Å². The molecule has 8 rings (SSSR count). The number of hydrogen-bond donors (Lipinski definition) is 6. The zero-order chi connectivity index (χ0) is 45.8. The van der Waals surface area contributed by atoms with E-state index in [1.165, 1.54) is 84.9 Å². The summed E-state index contributed by atoms with van der Waals surface area (Å²) in [4.78, 5) is 77.6. The van der Waals surface area contributed by atoms with Gasteiger partial charge in [-0.15, -0.1) is 0 Å². The fourth-order valence-corrected chi connectivity index (χ4v) is 8.57. The Labute approximate surface area is 419 Å². The number of benzene rings is 6. The topological polar surface area (TPSA) is 317 Å². The average Bonchev–Trinajstić information content (AvgIpc) is 3.25. The molecular formula is C44H28N6Na2O12S2. The van der Waals surface area contributed by atoms with E-state index >= 15 is 0 Å². The molecule has 2 amide bonds. The van der Waals surface area contributed by atoms with Gasteiger partial charge < -0.3 is 41.8 Å². The number of nitrogen functional groups attached to an aromatic ring is 2. The first kappa shape index (κ1) is 49.1. The summed E-state index contributed by atoms with van der Waals surface area (Å²) in [6.07, 6.45) is 1.90. The summed E-state index contributed by atoms with van der Waals surface area (Å²) < 4.78 is 72.8. The summed E-state index contributed by atoms with van der Waals surface area (Å²) in [7, 11) is -10.4. The van der Waals surface area contributed by atoms with Crippen LogP contribution in [0.25, 0.3) is 0 Å². The van der Waals surface area contributed by atoms with E-state index < -0.39 is 87.5 Å². The van der Waals surface area contributed by atoms with E-state index in [1.807, 2.05) is 0 Å². The molecule has 320 valence electrons. The first-order chi connectivity index (χ1) is 30.3. The predicted molar refractivity (Wildman–Crippen MR) is 230 cm³/mol. The molecule has 8 N–H and O–H groups in total. The van der Waals surface area contributed by atoms with Crippen LogP contribution in [-0.2, 0) is 29.8 Å². The number of nitrogens with two attached hydrogens (primary N) is 2. The molecule has 0 fully saturated rings. The number of rotatable bonds is 10. The van der Waals surface area contributed by atoms with E-state index in [2.05, 4.69) is 21.3 Å². The average molecular weight is 943 g/mol. The van der Waals surface area contributed by atoms with E-state index in [4.69, 9.17) is 11.5 Å². The molecule has 0 aliphatic heterocycles. The Morgan fingerprint density at radius 3 is 1.02 bits per heavy atom. The van der Waals surface area contributed by atoms with E-state index in [9.17, 15) is 54.7 Å². The summed E-state index contributed by atoms with van der Waals surface area (Å²) in [5, 5.41) is 10.8. The molecule has 0 aromatic heterocycles. The molecule has 0 radical (unpaired) electrons. The van der Waals surface area contributed by atoms with Crippen LogP contribution in [0.2, 0.25) is 0 Å². The van der Waals surface area contributed by atoms with Crippen molar-refractivity contribution in [2.75, 3.05) is 32.7 Å². The van der Waals surface area contributed by atoms with Crippen molar-refractivity contribution in [2.45, 2.75) is 9.79 Å². The van der Waals surface area contributed by atoms with Gasteiger partial charge in [-0.05, 0) is 60.7 Å². The molecule has 6 aromatic rings.